The molecule has 150 valence electrons. The second kappa shape index (κ2) is 8.87. The van der Waals surface area contributed by atoms with Gasteiger partial charge in [0.15, 0.2) is 0 Å². The maximum atomic E-state index is 12.7. The number of amides is 1. The van der Waals surface area contributed by atoms with Gasteiger partial charge in [-0.05, 0) is 17.7 Å². The van der Waals surface area contributed by atoms with Crippen LogP contribution in [0.5, 0.6) is 0 Å². The first kappa shape index (κ1) is 20.5. The molecule has 1 aromatic carbocycles. The fourth-order valence-corrected chi connectivity index (χ4v) is 4.40. The van der Waals surface area contributed by atoms with Crippen molar-refractivity contribution in [3.63, 3.8) is 0 Å². The minimum absolute atomic E-state index is 0.0343. The zero-order chi connectivity index (χ0) is 20.1. The summed E-state index contributed by atoms with van der Waals surface area (Å²) in [6.45, 7) is 1.06. The number of aromatic nitrogens is 1. The highest BCUT2D eigenvalue weighted by Crippen LogP contribution is 2.16. The summed E-state index contributed by atoms with van der Waals surface area (Å²) in [7, 11) is -3.75. The number of carbonyl (C=O) groups is 1. The average molecular weight is 426 g/mol. The Morgan fingerprint density at radius 2 is 1.86 bits per heavy atom. The molecule has 0 atom stereocenters. The third-order valence-corrected chi connectivity index (χ3v) is 6.56. The molecule has 0 aliphatic carbocycles. The number of sulfonamides is 1. The van der Waals surface area contributed by atoms with Gasteiger partial charge in [0.25, 0.3) is 5.56 Å². The molecule has 1 N–H and O–H groups in total. The van der Waals surface area contributed by atoms with Crippen molar-refractivity contribution in [3.8, 4) is 0 Å². The lowest BCUT2D eigenvalue weighted by Gasteiger charge is -2.26. The van der Waals surface area contributed by atoms with Gasteiger partial charge in [0.05, 0.1) is 18.1 Å². The van der Waals surface area contributed by atoms with Gasteiger partial charge < -0.3 is 14.6 Å². The Bertz CT molecular complexity index is 1020. The number of nitrogens with one attached hydrogen (secondary N) is 1. The number of hydrogen-bond acceptors (Lipinski definition) is 5. The zero-order valence-corrected chi connectivity index (χ0v) is 16.6. The molecule has 0 unspecified atom stereocenters. The van der Waals surface area contributed by atoms with E-state index in [0.29, 0.717) is 18.2 Å². The van der Waals surface area contributed by atoms with Gasteiger partial charge in [-0.25, -0.2) is 8.42 Å². The Morgan fingerprint density at radius 3 is 2.57 bits per heavy atom. The van der Waals surface area contributed by atoms with Crippen LogP contribution in [-0.4, -0.2) is 49.5 Å². The first-order valence-electron chi connectivity index (χ1n) is 8.66. The number of morpholine rings is 1. The van der Waals surface area contributed by atoms with E-state index in [1.807, 2.05) is 0 Å². The lowest BCUT2D eigenvalue weighted by atomic mass is 10.2. The van der Waals surface area contributed by atoms with Crippen molar-refractivity contribution in [2.75, 3.05) is 26.3 Å². The van der Waals surface area contributed by atoms with Crippen molar-refractivity contribution in [1.29, 1.82) is 0 Å². The molecule has 1 saturated heterocycles. The van der Waals surface area contributed by atoms with E-state index < -0.39 is 21.5 Å². The Kier molecular flexibility index (Phi) is 6.50. The summed E-state index contributed by atoms with van der Waals surface area (Å²) in [4.78, 5) is 24.3. The van der Waals surface area contributed by atoms with Gasteiger partial charge in [-0.2, -0.15) is 4.31 Å². The van der Waals surface area contributed by atoms with E-state index in [1.165, 1.54) is 16.6 Å². The van der Waals surface area contributed by atoms with Crippen molar-refractivity contribution in [2.24, 2.45) is 0 Å². The number of benzene rings is 1. The molecule has 0 spiro atoms. The van der Waals surface area contributed by atoms with Gasteiger partial charge in [-0.1, -0.05) is 29.8 Å². The highest BCUT2D eigenvalue weighted by atomic mass is 35.5. The predicted molar refractivity (Wildman–Crippen MR) is 104 cm³/mol. The zero-order valence-electron chi connectivity index (χ0n) is 15.0. The van der Waals surface area contributed by atoms with Crippen molar-refractivity contribution >= 4 is 27.5 Å². The summed E-state index contributed by atoms with van der Waals surface area (Å²) in [5.74, 6) is -0.428. The molecule has 1 aliphatic heterocycles. The molecule has 0 radical (unpaired) electrons. The molecule has 8 nitrogen and oxygen atoms in total. The predicted octanol–water partition coefficient (Wildman–Crippen LogP) is 0.839. The van der Waals surface area contributed by atoms with Gasteiger partial charge in [0.2, 0.25) is 15.9 Å². The molecule has 1 amide bonds. The molecule has 0 bridgehead atoms. The Hall–Kier alpha value is -2.20. The van der Waals surface area contributed by atoms with Crippen LogP contribution in [0.4, 0.5) is 0 Å². The Balaban J connectivity index is 1.72. The highest BCUT2D eigenvalue weighted by molar-refractivity contribution is 7.89. The Morgan fingerprint density at radius 1 is 1.14 bits per heavy atom. The summed E-state index contributed by atoms with van der Waals surface area (Å²) in [5, 5.41) is 3.20. The summed E-state index contributed by atoms with van der Waals surface area (Å²) >= 11 is 6.05. The summed E-state index contributed by atoms with van der Waals surface area (Å²) in [5.41, 5.74) is 0.280. The molecular formula is C18H20ClN3O5S. The number of carbonyl (C=O) groups excluding carboxylic acids is 1. The van der Waals surface area contributed by atoms with Gasteiger partial charge >= 0.3 is 0 Å². The van der Waals surface area contributed by atoms with E-state index in [1.54, 1.807) is 24.3 Å². The lowest BCUT2D eigenvalue weighted by Crippen LogP contribution is -2.41. The van der Waals surface area contributed by atoms with Crippen LogP contribution in [0, 0.1) is 0 Å². The second-order valence-electron chi connectivity index (χ2n) is 6.22. The van der Waals surface area contributed by atoms with E-state index in [4.69, 9.17) is 16.3 Å². The molecule has 2 heterocycles. The normalized spacial score (nSPS) is 15.3. The van der Waals surface area contributed by atoms with E-state index in [0.717, 1.165) is 16.2 Å². The van der Waals surface area contributed by atoms with Gasteiger partial charge in [0, 0.05) is 36.9 Å². The lowest BCUT2D eigenvalue weighted by molar-refractivity contribution is -0.121. The van der Waals surface area contributed by atoms with Crippen LogP contribution in [0.25, 0.3) is 0 Å². The van der Waals surface area contributed by atoms with E-state index in [9.17, 15) is 18.0 Å². The van der Waals surface area contributed by atoms with Crippen LogP contribution < -0.4 is 10.9 Å². The molecule has 10 heteroatoms. The van der Waals surface area contributed by atoms with Crippen molar-refractivity contribution < 1.29 is 17.9 Å². The SMILES string of the molecule is O=C(Cn1cc(S(=O)(=O)N2CCOCC2)ccc1=O)NCc1ccccc1Cl. The molecule has 1 fully saturated rings. The largest absolute Gasteiger partial charge is 0.379 e. The van der Waals surface area contributed by atoms with Crippen LogP contribution in [0.3, 0.4) is 0 Å². The Labute approximate surface area is 167 Å². The maximum Gasteiger partial charge on any atom is 0.251 e. The smallest absolute Gasteiger partial charge is 0.251 e. The summed E-state index contributed by atoms with van der Waals surface area (Å²) in [6.07, 6.45) is 1.20. The van der Waals surface area contributed by atoms with E-state index in [2.05, 4.69) is 5.32 Å². The van der Waals surface area contributed by atoms with Crippen LogP contribution in [0.1, 0.15) is 5.56 Å². The average Bonchev–Trinajstić information content (AvgIpc) is 2.69. The van der Waals surface area contributed by atoms with Crippen molar-refractivity contribution in [3.05, 3.63) is 63.5 Å². The number of pyridine rings is 1. The van der Waals surface area contributed by atoms with Crippen molar-refractivity contribution in [1.82, 2.24) is 14.2 Å². The molecule has 1 aromatic heterocycles. The summed E-state index contributed by atoms with van der Waals surface area (Å²) < 4.78 is 33.0. The van der Waals surface area contributed by atoms with Gasteiger partial charge in [0.1, 0.15) is 6.54 Å². The van der Waals surface area contributed by atoms with Crippen LogP contribution in [0.15, 0.2) is 52.3 Å². The van der Waals surface area contributed by atoms with Crippen LogP contribution in [0.2, 0.25) is 5.02 Å². The number of hydrogen-bond donors (Lipinski definition) is 1. The van der Waals surface area contributed by atoms with Gasteiger partial charge in [-0.15, -0.1) is 0 Å². The number of halogens is 1. The van der Waals surface area contributed by atoms with E-state index >= 15 is 0 Å². The second-order valence-corrected chi connectivity index (χ2v) is 8.56. The van der Waals surface area contributed by atoms with Crippen LogP contribution in [-0.2, 0) is 32.6 Å². The quantitative estimate of drug-likeness (QED) is 0.739. The molecule has 28 heavy (non-hydrogen) atoms. The van der Waals surface area contributed by atoms with Crippen LogP contribution >= 0.6 is 11.6 Å². The molecule has 1 aliphatic rings. The number of rotatable bonds is 6. The van der Waals surface area contributed by atoms with Gasteiger partial charge in [-0.3, -0.25) is 9.59 Å². The summed E-state index contributed by atoms with van der Waals surface area (Å²) in [6, 6.07) is 9.49. The standard InChI is InChI=1S/C18H20ClN3O5S/c19-16-4-2-1-3-14(16)11-20-17(23)13-21-12-15(5-6-18(21)24)28(25,26)22-7-9-27-10-8-22/h1-6,12H,7-11,13H2,(H,20,23). The first-order valence-corrected chi connectivity index (χ1v) is 10.5. The maximum absolute atomic E-state index is 12.7. The minimum Gasteiger partial charge on any atom is -0.379 e. The molecule has 2 aromatic rings. The molecular weight excluding hydrogens is 406 g/mol. The molecule has 3 rings (SSSR count). The van der Waals surface area contributed by atoms with E-state index in [-0.39, 0.29) is 31.1 Å². The third-order valence-electron chi connectivity index (χ3n) is 4.31. The molecule has 0 saturated carbocycles. The highest BCUT2D eigenvalue weighted by Gasteiger charge is 2.27. The fourth-order valence-electron chi connectivity index (χ4n) is 2.77. The van der Waals surface area contributed by atoms with Crippen molar-refractivity contribution in [2.45, 2.75) is 18.0 Å². The minimum atomic E-state index is -3.75. The number of nitrogens with zero attached hydrogens (tertiary/aromatic N) is 2. The third kappa shape index (κ3) is 4.79. The first-order chi connectivity index (χ1) is 13.4. The monoisotopic (exact) mass is 425 g/mol. The fraction of sp³-hybridized carbons (Fsp3) is 0.333. The topological polar surface area (TPSA) is 97.7 Å². The number of ether oxygens (including phenoxy) is 1.